The molecule has 0 radical (unpaired) electrons. The van der Waals surface area contributed by atoms with E-state index < -0.39 is 11.6 Å². The number of rotatable bonds is 5. The summed E-state index contributed by atoms with van der Waals surface area (Å²) in [6, 6.07) is 8.56. The van der Waals surface area contributed by atoms with E-state index in [0.717, 1.165) is 17.2 Å². The van der Waals surface area contributed by atoms with Crippen molar-refractivity contribution in [3.05, 3.63) is 53.1 Å². The van der Waals surface area contributed by atoms with Crippen molar-refractivity contribution in [1.29, 1.82) is 0 Å². The van der Waals surface area contributed by atoms with Gasteiger partial charge in [-0.1, -0.05) is 24.3 Å². The molecule has 0 amide bonds. The van der Waals surface area contributed by atoms with Crippen LogP contribution in [0.3, 0.4) is 0 Å². The molecule has 21 heavy (non-hydrogen) atoms. The van der Waals surface area contributed by atoms with Gasteiger partial charge in [-0.3, -0.25) is 0 Å². The Morgan fingerprint density at radius 2 is 1.81 bits per heavy atom. The molecule has 1 heterocycles. The van der Waals surface area contributed by atoms with Crippen molar-refractivity contribution in [3.8, 4) is 0 Å². The summed E-state index contributed by atoms with van der Waals surface area (Å²) in [4.78, 5) is 3.98. The second kappa shape index (κ2) is 6.52. The van der Waals surface area contributed by atoms with E-state index in [1.54, 1.807) is 0 Å². The van der Waals surface area contributed by atoms with Crippen molar-refractivity contribution >= 4 is 11.6 Å². The Morgan fingerprint density at radius 1 is 1.14 bits per heavy atom. The average molecular weight is 291 g/mol. The Bertz CT molecular complexity index is 629. The highest BCUT2D eigenvalue weighted by Gasteiger charge is 2.15. The Kier molecular flexibility index (Phi) is 4.73. The summed E-state index contributed by atoms with van der Waals surface area (Å²) >= 11 is 0. The molecule has 0 saturated heterocycles. The quantitative estimate of drug-likeness (QED) is 0.863. The van der Waals surface area contributed by atoms with E-state index in [-0.39, 0.29) is 17.7 Å². The lowest BCUT2D eigenvalue weighted by Gasteiger charge is -2.18. The first kappa shape index (κ1) is 15.2. The van der Waals surface area contributed by atoms with Crippen molar-refractivity contribution in [2.24, 2.45) is 0 Å². The lowest BCUT2D eigenvalue weighted by molar-refractivity contribution is 0.576. The number of aromatic nitrogens is 1. The zero-order valence-corrected chi connectivity index (χ0v) is 12.4. The molecular formula is C16H19F2N3. The summed E-state index contributed by atoms with van der Waals surface area (Å²) in [5, 5.41) is 5.78. The highest BCUT2D eigenvalue weighted by Crippen LogP contribution is 2.25. The first-order chi connectivity index (χ1) is 10.0. The van der Waals surface area contributed by atoms with Crippen molar-refractivity contribution in [1.82, 2.24) is 4.98 Å². The normalized spacial score (nSPS) is 12.0. The van der Waals surface area contributed by atoms with Crippen LogP contribution >= 0.6 is 0 Å². The van der Waals surface area contributed by atoms with Crippen LogP contribution in [0, 0.1) is 18.6 Å². The fraction of sp³-hybridized carbons (Fsp3) is 0.312. The van der Waals surface area contributed by atoms with Crippen molar-refractivity contribution in [3.63, 3.8) is 0 Å². The first-order valence-electron chi connectivity index (χ1n) is 6.95. The number of anilines is 2. The predicted octanol–water partition coefficient (Wildman–Crippen LogP) is 4.27. The van der Waals surface area contributed by atoms with Gasteiger partial charge in [-0.25, -0.2) is 13.8 Å². The van der Waals surface area contributed by atoms with E-state index in [0.29, 0.717) is 6.54 Å². The predicted molar refractivity (Wildman–Crippen MR) is 81.5 cm³/mol. The average Bonchev–Trinajstić information content (AvgIpc) is 2.44. The van der Waals surface area contributed by atoms with E-state index in [4.69, 9.17) is 0 Å². The smallest absolute Gasteiger partial charge is 0.168 e. The molecule has 5 heteroatoms. The molecule has 1 aromatic carbocycles. The molecular weight excluding hydrogens is 272 g/mol. The topological polar surface area (TPSA) is 37.0 Å². The van der Waals surface area contributed by atoms with Crippen molar-refractivity contribution < 1.29 is 8.78 Å². The number of hydrogen-bond acceptors (Lipinski definition) is 3. The molecule has 1 unspecified atom stereocenters. The fourth-order valence-corrected chi connectivity index (χ4v) is 2.21. The van der Waals surface area contributed by atoms with Gasteiger partial charge in [0.2, 0.25) is 0 Å². The minimum atomic E-state index is -0.699. The van der Waals surface area contributed by atoms with Crippen LogP contribution in [0.5, 0.6) is 0 Å². The van der Waals surface area contributed by atoms with Gasteiger partial charge in [0.25, 0.3) is 0 Å². The SMILES string of the molecule is CCNc1nc(NC(C)c2ccccc2C)c(F)cc1F. The lowest BCUT2D eigenvalue weighted by atomic mass is 10.0. The van der Waals surface area contributed by atoms with E-state index in [2.05, 4.69) is 15.6 Å². The molecule has 0 spiro atoms. The Morgan fingerprint density at radius 3 is 2.48 bits per heavy atom. The van der Waals surface area contributed by atoms with Crippen LogP contribution in [-0.2, 0) is 0 Å². The molecule has 2 rings (SSSR count). The third kappa shape index (κ3) is 3.48. The Hall–Kier alpha value is -2.17. The third-order valence-electron chi connectivity index (χ3n) is 3.28. The number of hydrogen-bond donors (Lipinski definition) is 2. The van der Waals surface area contributed by atoms with Crippen LogP contribution in [0.15, 0.2) is 30.3 Å². The molecule has 0 saturated carbocycles. The Balaban J connectivity index is 2.27. The molecule has 0 fully saturated rings. The van der Waals surface area contributed by atoms with Gasteiger partial charge in [-0.05, 0) is 31.9 Å². The lowest BCUT2D eigenvalue weighted by Crippen LogP contribution is -2.13. The number of nitrogens with zero attached hydrogens (tertiary/aromatic N) is 1. The van der Waals surface area contributed by atoms with Gasteiger partial charge >= 0.3 is 0 Å². The van der Waals surface area contributed by atoms with Crippen LogP contribution in [-0.4, -0.2) is 11.5 Å². The van der Waals surface area contributed by atoms with Gasteiger partial charge in [0.1, 0.15) is 0 Å². The van der Waals surface area contributed by atoms with Gasteiger partial charge < -0.3 is 10.6 Å². The van der Waals surface area contributed by atoms with Gasteiger partial charge in [0.15, 0.2) is 23.3 Å². The summed E-state index contributed by atoms with van der Waals surface area (Å²) in [5.74, 6) is -1.29. The first-order valence-corrected chi connectivity index (χ1v) is 6.95. The second-order valence-electron chi connectivity index (χ2n) is 4.90. The standard InChI is InChI=1S/C16H19F2N3/c1-4-19-15-13(17)9-14(18)16(21-15)20-11(3)12-8-6-5-7-10(12)2/h5-9,11H,4H2,1-3H3,(H2,19,20,21). The van der Waals surface area contributed by atoms with Crippen LogP contribution in [0.1, 0.15) is 31.0 Å². The number of nitrogens with one attached hydrogen (secondary N) is 2. The van der Waals surface area contributed by atoms with Crippen LogP contribution < -0.4 is 10.6 Å². The maximum atomic E-state index is 13.9. The molecule has 0 aliphatic rings. The molecule has 0 aliphatic carbocycles. The van der Waals surface area contributed by atoms with Crippen molar-refractivity contribution in [2.45, 2.75) is 26.8 Å². The third-order valence-corrected chi connectivity index (χ3v) is 3.28. The van der Waals surface area contributed by atoms with Gasteiger partial charge in [0.05, 0.1) is 6.04 Å². The Labute approximate surface area is 123 Å². The molecule has 0 bridgehead atoms. The summed E-state index contributed by atoms with van der Waals surface area (Å²) < 4.78 is 27.4. The molecule has 1 atom stereocenters. The van der Waals surface area contributed by atoms with Crippen molar-refractivity contribution in [2.75, 3.05) is 17.2 Å². The minimum absolute atomic E-state index is 0.0445. The van der Waals surface area contributed by atoms with Gasteiger partial charge in [0, 0.05) is 12.6 Å². The second-order valence-corrected chi connectivity index (χ2v) is 4.90. The molecule has 1 aromatic heterocycles. The number of aryl methyl sites for hydroxylation is 1. The van der Waals surface area contributed by atoms with Crippen LogP contribution in [0.2, 0.25) is 0 Å². The summed E-state index contributed by atoms with van der Waals surface area (Å²) in [5.41, 5.74) is 2.15. The highest BCUT2D eigenvalue weighted by molar-refractivity contribution is 5.49. The summed E-state index contributed by atoms with van der Waals surface area (Å²) in [6.07, 6.45) is 0. The highest BCUT2D eigenvalue weighted by atomic mass is 19.1. The number of halogens is 2. The van der Waals surface area contributed by atoms with Gasteiger partial charge in [-0.15, -0.1) is 0 Å². The van der Waals surface area contributed by atoms with E-state index in [9.17, 15) is 8.78 Å². The largest absolute Gasteiger partial charge is 0.368 e. The zero-order valence-electron chi connectivity index (χ0n) is 12.4. The summed E-state index contributed by atoms with van der Waals surface area (Å²) in [7, 11) is 0. The molecule has 2 aromatic rings. The van der Waals surface area contributed by atoms with Gasteiger partial charge in [-0.2, -0.15) is 0 Å². The molecule has 0 aliphatic heterocycles. The maximum absolute atomic E-state index is 13.9. The van der Waals surface area contributed by atoms with Crippen LogP contribution in [0.4, 0.5) is 20.4 Å². The molecule has 112 valence electrons. The fourth-order valence-electron chi connectivity index (χ4n) is 2.21. The zero-order chi connectivity index (χ0) is 15.4. The minimum Gasteiger partial charge on any atom is -0.368 e. The van der Waals surface area contributed by atoms with E-state index >= 15 is 0 Å². The molecule has 3 nitrogen and oxygen atoms in total. The maximum Gasteiger partial charge on any atom is 0.168 e. The summed E-state index contributed by atoms with van der Waals surface area (Å²) in [6.45, 7) is 6.25. The number of pyridine rings is 1. The van der Waals surface area contributed by atoms with E-state index in [1.165, 1.54) is 0 Å². The van der Waals surface area contributed by atoms with E-state index in [1.807, 2.05) is 45.0 Å². The number of benzene rings is 1. The monoisotopic (exact) mass is 291 g/mol. The molecule has 2 N–H and O–H groups in total. The van der Waals surface area contributed by atoms with Crippen LogP contribution in [0.25, 0.3) is 0 Å².